The number of nitrogens with zero attached hydrogens (tertiary/aromatic N) is 2. The molecule has 0 spiro atoms. The van der Waals surface area contributed by atoms with Crippen molar-refractivity contribution in [2.75, 3.05) is 6.54 Å². The van der Waals surface area contributed by atoms with Crippen LogP contribution < -0.4 is 5.32 Å². The smallest absolute Gasteiger partial charge is 0.407 e. The molecule has 0 radical (unpaired) electrons. The van der Waals surface area contributed by atoms with Gasteiger partial charge >= 0.3 is 6.09 Å². The predicted molar refractivity (Wildman–Crippen MR) is 88.1 cm³/mol. The van der Waals surface area contributed by atoms with Gasteiger partial charge < -0.3 is 14.5 Å². The number of ether oxygens (including phenoxy) is 1. The first-order valence-corrected chi connectivity index (χ1v) is 7.68. The van der Waals surface area contributed by atoms with E-state index in [9.17, 15) is 4.79 Å². The van der Waals surface area contributed by atoms with Crippen LogP contribution in [-0.2, 0) is 17.8 Å². The second kappa shape index (κ2) is 7.45. The Bertz CT molecular complexity index is 768. The molecule has 0 atom stereocenters. The van der Waals surface area contributed by atoms with Crippen molar-refractivity contribution in [3.8, 4) is 0 Å². The number of carbonyl (C=O) groups is 1. The summed E-state index contributed by atoms with van der Waals surface area (Å²) in [5.74, 6) is 1.00. The van der Waals surface area contributed by atoms with Crippen LogP contribution in [0.25, 0.3) is 5.52 Å². The van der Waals surface area contributed by atoms with Crippen molar-refractivity contribution in [3.05, 3.63) is 72.3 Å². The van der Waals surface area contributed by atoms with E-state index in [0.29, 0.717) is 6.54 Å². The second-order valence-corrected chi connectivity index (χ2v) is 5.26. The molecule has 3 aromatic rings. The second-order valence-electron chi connectivity index (χ2n) is 5.26. The molecular formula is C18H19N3O2. The maximum Gasteiger partial charge on any atom is 0.407 e. The van der Waals surface area contributed by atoms with Crippen LogP contribution in [0.5, 0.6) is 0 Å². The molecule has 0 saturated carbocycles. The number of benzene rings is 1. The number of hydrogen-bond donors (Lipinski definition) is 1. The molecule has 1 amide bonds. The summed E-state index contributed by atoms with van der Waals surface area (Å²) >= 11 is 0. The average molecular weight is 309 g/mol. The van der Waals surface area contributed by atoms with E-state index in [1.807, 2.05) is 60.9 Å². The van der Waals surface area contributed by atoms with Crippen LogP contribution in [0.2, 0.25) is 0 Å². The molecule has 1 N–H and O–H groups in total. The third-order valence-electron chi connectivity index (χ3n) is 3.57. The minimum Gasteiger partial charge on any atom is -0.445 e. The van der Waals surface area contributed by atoms with E-state index in [-0.39, 0.29) is 12.7 Å². The number of aromatic nitrogens is 2. The number of imidazole rings is 1. The molecule has 0 bridgehead atoms. The molecule has 3 rings (SSSR count). The molecule has 118 valence electrons. The summed E-state index contributed by atoms with van der Waals surface area (Å²) < 4.78 is 7.23. The average Bonchev–Trinajstić information content (AvgIpc) is 3.01. The Labute approximate surface area is 134 Å². The number of nitrogens with one attached hydrogen (secondary N) is 1. The zero-order chi connectivity index (χ0) is 15.9. The van der Waals surface area contributed by atoms with Gasteiger partial charge in [0.25, 0.3) is 0 Å². The quantitative estimate of drug-likeness (QED) is 0.711. The minimum atomic E-state index is -0.387. The number of pyridine rings is 1. The number of aryl methyl sites for hydroxylation is 1. The lowest BCUT2D eigenvalue weighted by molar-refractivity contribution is 0.139. The summed E-state index contributed by atoms with van der Waals surface area (Å²) in [7, 11) is 0. The monoisotopic (exact) mass is 309 g/mol. The van der Waals surface area contributed by atoms with Gasteiger partial charge in [-0.1, -0.05) is 36.4 Å². The van der Waals surface area contributed by atoms with Crippen LogP contribution in [0.15, 0.2) is 60.9 Å². The lowest BCUT2D eigenvalue weighted by atomic mass is 10.2. The highest BCUT2D eigenvalue weighted by Crippen LogP contribution is 2.07. The topological polar surface area (TPSA) is 55.6 Å². The number of hydrogen-bond acceptors (Lipinski definition) is 3. The summed E-state index contributed by atoms with van der Waals surface area (Å²) in [6, 6.07) is 15.6. The van der Waals surface area contributed by atoms with Crippen molar-refractivity contribution in [1.82, 2.24) is 14.7 Å². The summed E-state index contributed by atoms with van der Waals surface area (Å²) in [5.41, 5.74) is 2.06. The van der Waals surface area contributed by atoms with E-state index < -0.39 is 0 Å². The van der Waals surface area contributed by atoms with Gasteiger partial charge in [0.15, 0.2) is 0 Å². The molecule has 1 aromatic carbocycles. The van der Waals surface area contributed by atoms with E-state index in [2.05, 4.69) is 14.7 Å². The van der Waals surface area contributed by atoms with Crippen molar-refractivity contribution in [2.24, 2.45) is 0 Å². The first-order valence-electron chi connectivity index (χ1n) is 7.68. The number of fused-ring (bicyclic) bond motifs is 1. The Balaban J connectivity index is 1.39. The van der Waals surface area contributed by atoms with E-state index in [0.717, 1.165) is 29.7 Å². The molecule has 5 heteroatoms. The molecule has 0 aliphatic carbocycles. The fourth-order valence-corrected chi connectivity index (χ4v) is 2.40. The normalized spacial score (nSPS) is 10.6. The van der Waals surface area contributed by atoms with Gasteiger partial charge in [-0.3, -0.25) is 0 Å². The molecule has 23 heavy (non-hydrogen) atoms. The van der Waals surface area contributed by atoms with E-state index in [1.165, 1.54) is 0 Å². The highest BCUT2D eigenvalue weighted by atomic mass is 16.5. The maximum absolute atomic E-state index is 11.6. The predicted octanol–water partition coefficient (Wildman–Crippen LogP) is 3.19. The van der Waals surface area contributed by atoms with Crippen molar-refractivity contribution in [2.45, 2.75) is 19.4 Å². The Hall–Kier alpha value is -2.82. The first-order chi connectivity index (χ1) is 11.3. The third-order valence-corrected chi connectivity index (χ3v) is 3.57. The van der Waals surface area contributed by atoms with Crippen LogP contribution in [0.1, 0.15) is 17.8 Å². The minimum absolute atomic E-state index is 0.289. The highest BCUT2D eigenvalue weighted by Gasteiger charge is 2.04. The number of alkyl carbamates (subject to hydrolysis) is 1. The maximum atomic E-state index is 11.6. The van der Waals surface area contributed by atoms with Crippen molar-refractivity contribution in [3.63, 3.8) is 0 Å². The standard InChI is InChI=1S/C18H19N3O2/c22-18(23-14-15-7-2-1-3-8-15)19-11-6-10-17-20-13-16-9-4-5-12-21(16)17/h1-5,7-9,12-13H,6,10-11,14H2,(H,19,22). The Morgan fingerprint density at radius 1 is 1.13 bits per heavy atom. The van der Waals surface area contributed by atoms with Crippen LogP contribution in [0.4, 0.5) is 4.79 Å². The van der Waals surface area contributed by atoms with E-state index in [4.69, 9.17) is 4.74 Å². The molecule has 0 aliphatic rings. The van der Waals surface area contributed by atoms with Gasteiger partial charge in [-0.25, -0.2) is 9.78 Å². The SMILES string of the molecule is O=C(NCCCc1ncc2ccccn12)OCc1ccccc1. The fraction of sp³-hybridized carbons (Fsp3) is 0.222. The first kappa shape index (κ1) is 15.1. The van der Waals surface area contributed by atoms with E-state index >= 15 is 0 Å². The molecule has 2 heterocycles. The molecule has 0 unspecified atom stereocenters. The Morgan fingerprint density at radius 3 is 2.83 bits per heavy atom. The zero-order valence-corrected chi connectivity index (χ0v) is 12.8. The molecule has 0 aliphatic heterocycles. The van der Waals surface area contributed by atoms with Crippen LogP contribution in [0, 0.1) is 0 Å². The molecular weight excluding hydrogens is 290 g/mol. The summed E-state index contributed by atoms with van der Waals surface area (Å²) in [4.78, 5) is 16.0. The van der Waals surface area contributed by atoms with Gasteiger partial charge in [-0.2, -0.15) is 0 Å². The van der Waals surface area contributed by atoms with Crippen molar-refractivity contribution < 1.29 is 9.53 Å². The van der Waals surface area contributed by atoms with Crippen LogP contribution in [0.3, 0.4) is 0 Å². The van der Waals surface area contributed by atoms with Gasteiger partial charge in [-0.05, 0) is 24.1 Å². The number of carbonyl (C=O) groups excluding carboxylic acids is 1. The van der Waals surface area contributed by atoms with Gasteiger partial charge in [0, 0.05) is 19.2 Å². The third kappa shape index (κ3) is 4.10. The van der Waals surface area contributed by atoms with Gasteiger partial charge in [0.05, 0.1) is 11.7 Å². The van der Waals surface area contributed by atoms with Crippen molar-refractivity contribution in [1.29, 1.82) is 0 Å². The lowest BCUT2D eigenvalue weighted by Gasteiger charge is -2.07. The van der Waals surface area contributed by atoms with Crippen LogP contribution in [-0.4, -0.2) is 22.0 Å². The fourth-order valence-electron chi connectivity index (χ4n) is 2.40. The van der Waals surface area contributed by atoms with E-state index in [1.54, 1.807) is 0 Å². The molecule has 2 aromatic heterocycles. The van der Waals surface area contributed by atoms with Crippen molar-refractivity contribution >= 4 is 11.6 Å². The molecule has 0 fully saturated rings. The number of amides is 1. The largest absolute Gasteiger partial charge is 0.445 e. The van der Waals surface area contributed by atoms with Gasteiger partial charge in [0.1, 0.15) is 12.4 Å². The lowest BCUT2D eigenvalue weighted by Crippen LogP contribution is -2.25. The van der Waals surface area contributed by atoms with Gasteiger partial charge in [-0.15, -0.1) is 0 Å². The van der Waals surface area contributed by atoms with Gasteiger partial charge in [0.2, 0.25) is 0 Å². The Morgan fingerprint density at radius 2 is 1.96 bits per heavy atom. The van der Waals surface area contributed by atoms with Crippen LogP contribution >= 0.6 is 0 Å². The zero-order valence-electron chi connectivity index (χ0n) is 12.8. The molecule has 5 nitrogen and oxygen atoms in total. The highest BCUT2D eigenvalue weighted by molar-refractivity contribution is 5.67. The Kier molecular flexibility index (Phi) is 4.88. The summed E-state index contributed by atoms with van der Waals surface area (Å²) in [5, 5.41) is 2.77. The molecule has 0 saturated heterocycles. The number of rotatable bonds is 6. The summed E-state index contributed by atoms with van der Waals surface area (Å²) in [6.07, 6.45) is 5.09. The summed E-state index contributed by atoms with van der Waals surface area (Å²) in [6.45, 7) is 0.854.